The van der Waals surface area contributed by atoms with Crippen LogP contribution in [0.1, 0.15) is 24.2 Å². The number of rotatable bonds is 4. The van der Waals surface area contributed by atoms with Gasteiger partial charge in [0.05, 0.1) is 24.1 Å². The van der Waals surface area contributed by atoms with Gasteiger partial charge in [0.25, 0.3) is 5.91 Å². The Bertz CT molecular complexity index is 1040. The number of nitrogens with zero attached hydrogens (tertiary/aromatic N) is 5. The molecule has 0 aromatic carbocycles. The van der Waals surface area contributed by atoms with E-state index in [1.165, 1.54) is 0 Å². The maximum absolute atomic E-state index is 13.0. The number of pyridine rings is 1. The largest absolute Gasteiger partial charge is 0.356 e. The number of amides is 2. The second-order valence-corrected chi connectivity index (χ2v) is 6.74. The fourth-order valence-electron chi connectivity index (χ4n) is 3.49. The number of nitrogens with one attached hydrogen (secondary N) is 2. The van der Waals surface area contributed by atoms with Gasteiger partial charge in [0, 0.05) is 36.4 Å². The predicted molar refractivity (Wildman–Crippen MR) is 100 cm³/mol. The average molecular weight is 383 g/mol. The van der Waals surface area contributed by atoms with Gasteiger partial charge in [0.2, 0.25) is 5.91 Å². The number of hydrogen-bond donors (Lipinski definition) is 2. The Morgan fingerprint density at radius 1 is 1.43 bits per heavy atom. The van der Waals surface area contributed by atoms with E-state index in [1.54, 1.807) is 35.2 Å². The molecule has 4 heterocycles. The van der Waals surface area contributed by atoms with Crippen molar-refractivity contribution in [3.8, 4) is 0 Å². The first kappa shape index (κ1) is 18.1. The van der Waals surface area contributed by atoms with Crippen molar-refractivity contribution in [2.24, 2.45) is 7.05 Å². The van der Waals surface area contributed by atoms with Gasteiger partial charge in [0.1, 0.15) is 6.61 Å². The van der Waals surface area contributed by atoms with Crippen LogP contribution in [-0.4, -0.2) is 60.9 Å². The van der Waals surface area contributed by atoms with Crippen LogP contribution < -0.4 is 5.32 Å². The molecule has 1 fully saturated rings. The van der Waals surface area contributed by atoms with Crippen LogP contribution in [-0.2, 0) is 21.4 Å². The molecule has 4 rings (SSSR count). The summed E-state index contributed by atoms with van der Waals surface area (Å²) in [6.07, 6.45) is 4.13. The lowest BCUT2D eigenvalue weighted by molar-refractivity contribution is -0.161. The van der Waals surface area contributed by atoms with Crippen LogP contribution in [0.3, 0.4) is 0 Å². The minimum atomic E-state index is -0.858. The van der Waals surface area contributed by atoms with Crippen molar-refractivity contribution in [1.82, 2.24) is 29.9 Å². The summed E-state index contributed by atoms with van der Waals surface area (Å²) in [6.45, 7) is 4.09. The summed E-state index contributed by atoms with van der Waals surface area (Å²) in [5.74, 6) is -0.500. The van der Waals surface area contributed by atoms with E-state index in [9.17, 15) is 9.59 Å². The van der Waals surface area contributed by atoms with Crippen LogP contribution in [0, 0.1) is 6.92 Å². The number of morpholine rings is 1. The molecule has 0 spiro atoms. The van der Waals surface area contributed by atoms with Gasteiger partial charge in [-0.3, -0.25) is 19.4 Å². The molecule has 0 radical (unpaired) electrons. The van der Waals surface area contributed by atoms with Gasteiger partial charge < -0.3 is 15.0 Å². The van der Waals surface area contributed by atoms with Gasteiger partial charge in [0.15, 0.2) is 11.8 Å². The average Bonchev–Trinajstić information content (AvgIpc) is 3.27. The smallest absolute Gasteiger partial charge is 0.256 e. The normalized spacial score (nSPS) is 20.0. The van der Waals surface area contributed by atoms with E-state index >= 15 is 0 Å². The Kier molecular flexibility index (Phi) is 4.55. The van der Waals surface area contributed by atoms with Gasteiger partial charge in [-0.25, -0.2) is 4.98 Å². The highest BCUT2D eigenvalue weighted by Gasteiger charge is 2.41. The molecule has 10 heteroatoms. The Morgan fingerprint density at radius 2 is 2.25 bits per heavy atom. The maximum Gasteiger partial charge on any atom is 0.256 e. The number of fused-ring (bicyclic) bond motifs is 1. The van der Waals surface area contributed by atoms with Gasteiger partial charge in [-0.2, -0.15) is 10.2 Å². The lowest BCUT2D eigenvalue weighted by Gasteiger charge is -2.39. The lowest BCUT2D eigenvalue weighted by Crippen LogP contribution is -2.52. The fraction of sp³-hybridized carbons (Fsp3) is 0.389. The summed E-state index contributed by atoms with van der Waals surface area (Å²) in [6, 6.07) is 1.26. The number of hydrogen-bond acceptors (Lipinski definition) is 6. The molecule has 2 N–H and O–H groups in total. The van der Waals surface area contributed by atoms with Gasteiger partial charge in [-0.1, -0.05) is 0 Å². The first-order valence-corrected chi connectivity index (χ1v) is 8.99. The fourth-order valence-corrected chi connectivity index (χ4v) is 3.49. The van der Waals surface area contributed by atoms with Crippen molar-refractivity contribution in [2.45, 2.75) is 26.0 Å². The molecule has 0 unspecified atom stereocenters. The van der Waals surface area contributed by atoms with Crippen molar-refractivity contribution in [3.63, 3.8) is 0 Å². The van der Waals surface area contributed by atoms with E-state index < -0.39 is 12.1 Å². The zero-order chi connectivity index (χ0) is 19.8. The molecule has 3 aromatic heterocycles. The number of carbonyl (C=O) groups excluding carboxylic acids is 2. The van der Waals surface area contributed by atoms with Crippen LogP contribution in [0.15, 0.2) is 24.7 Å². The van der Waals surface area contributed by atoms with Crippen molar-refractivity contribution in [2.75, 3.05) is 18.5 Å². The second kappa shape index (κ2) is 7.04. The molecule has 2 atom stereocenters. The molecule has 0 saturated carbocycles. The monoisotopic (exact) mass is 383 g/mol. The Hall–Kier alpha value is -3.27. The van der Waals surface area contributed by atoms with E-state index in [0.29, 0.717) is 17.9 Å². The SMILES string of the molecule is CCN1C(=O)CO[C@H](C(=O)Nc2cnc3n[nH]c(C)c3c2)[C@H]1c1cnn(C)c1. The van der Waals surface area contributed by atoms with Crippen LogP contribution in [0.5, 0.6) is 0 Å². The number of aromatic amines is 1. The summed E-state index contributed by atoms with van der Waals surface area (Å²) in [7, 11) is 1.79. The van der Waals surface area contributed by atoms with Gasteiger partial charge >= 0.3 is 0 Å². The highest BCUT2D eigenvalue weighted by atomic mass is 16.5. The third kappa shape index (κ3) is 3.11. The highest BCUT2D eigenvalue weighted by molar-refractivity contribution is 5.97. The molecule has 28 heavy (non-hydrogen) atoms. The molecular formula is C18H21N7O3. The number of likely N-dealkylation sites (N-methyl/N-ethyl adjacent to an activating group) is 1. The summed E-state index contributed by atoms with van der Waals surface area (Å²) >= 11 is 0. The summed E-state index contributed by atoms with van der Waals surface area (Å²) in [5, 5.41) is 14.8. The number of aryl methyl sites for hydroxylation is 2. The molecule has 3 aromatic rings. The van der Waals surface area contributed by atoms with Crippen LogP contribution >= 0.6 is 0 Å². The molecular weight excluding hydrogens is 362 g/mol. The quantitative estimate of drug-likeness (QED) is 0.692. The topological polar surface area (TPSA) is 118 Å². The summed E-state index contributed by atoms with van der Waals surface area (Å²) in [5.41, 5.74) is 2.73. The number of ether oxygens (including phenoxy) is 1. The molecule has 0 bridgehead atoms. The minimum absolute atomic E-state index is 0.138. The second-order valence-electron chi connectivity index (χ2n) is 6.74. The van der Waals surface area contributed by atoms with Crippen LogP contribution in [0.25, 0.3) is 11.0 Å². The molecule has 2 amide bonds. The Morgan fingerprint density at radius 3 is 2.96 bits per heavy atom. The minimum Gasteiger partial charge on any atom is -0.356 e. The van der Waals surface area contributed by atoms with Crippen molar-refractivity contribution in [3.05, 3.63) is 35.9 Å². The van der Waals surface area contributed by atoms with E-state index in [2.05, 4.69) is 25.6 Å². The standard InChI is InChI=1S/C18H21N7O3/c1-4-25-14(26)9-28-16(15(25)11-6-20-24(3)8-11)18(27)21-12-5-13-10(2)22-23-17(13)19-7-12/h5-8,15-16H,4,9H2,1-3H3,(H,21,27)(H,19,22,23)/t15-,16+/m1/s1. The van der Waals surface area contributed by atoms with Crippen molar-refractivity contribution < 1.29 is 14.3 Å². The Balaban J connectivity index is 1.63. The molecule has 0 aliphatic carbocycles. The number of H-pyrrole nitrogens is 1. The molecule has 146 valence electrons. The Labute approximate surface area is 160 Å². The summed E-state index contributed by atoms with van der Waals surface area (Å²) in [4.78, 5) is 31.2. The molecule has 1 aliphatic rings. The van der Waals surface area contributed by atoms with E-state index in [-0.39, 0.29) is 18.4 Å². The number of carbonyl (C=O) groups is 2. The predicted octanol–water partition coefficient (Wildman–Crippen LogP) is 0.927. The zero-order valence-electron chi connectivity index (χ0n) is 15.8. The van der Waals surface area contributed by atoms with Crippen LogP contribution in [0.4, 0.5) is 5.69 Å². The molecule has 10 nitrogen and oxygen atoms in total. The van der Waals surface area contributed by atoms with Gasteiger partial charge in [-0.15, -0.1) is 0 Å². The number of aromatic nitrogens is 5. The molecule has 1 saturated heterocycles. The first-order chi connectivity index (χ1) is 13.5. The number of anilines is 1. The first-order valence-electron chi connectivity index (χ1n) is 8.99. The lowest BCUT2D eigenvalue weighted by atomic mass is 10.00. The van der Waals surface area contributed by atoms with E-state index in [0.717, 1.165) is 16.6 Å². The third-order valence-corrected chi connectivity index (χ3v) is 4.86. The summed E-state index contributed by atoms with van der Waals surface area (Å²) < 4.78 is 7.29. The third-order valence-electron chi connectivity index (χ3n) is 4.86. The van der Waals surface area contributed by atoms with Gasteiger partial charge in [-0.05, 0) is 19.9 Å². The van der Waals surface area contributed by atoms with Crippen molar-refractivity contribution in [1.29, 1.82) is 0 Å². The maximum atomic E-state index is 13.0. The molecule has 1 aliphatic heterocycles. The zero-order valence-corrected chi connectivity index (χ0v) is 15.8. The van der Waals surface area contributed by atoms with Crippen molar-refractivity contribution >= 4 is 28.5 Å². The van der Waals surface area contributed by atoms with E-state index in [1.807, 2.05) is 19.9 Å². The van der Waals surface area contributed by atoms with E-state index in [4.69, 9.17) is 4.74 Å². The highest BCUT2D eigenvalue weighted by Crippen LogP contribution is 2.31. The van der Waals surface area contributed by atoms with Crippen LogP contribution in [0.2, 0.25) is 0 Å².